The van der Waals surface area contributed by atoms with Crippen LogP contribution in [0.1, 0.15) is 11.6 Å². The van der Waals surface area contributed by atoms with Gasteiger partial charge in [0.2, 0.25) is 0 Å². The van der Waals surface area contributed by atoms with Crippen molar-refractivity contribution in [1.82, 2.24) is 4.90 Å². The monoisotopic (exact) mass is 266 g/mol. The predicted octanol–water partition coefficient (Wildman–Crippen LogP) is 0.390. The van der Waals surface area contributed by atoms with Crippen LogP contribution in [0.15, 0.2) is 24.3 Å². The number of benzene rings is 1. The van der Waals surface area contributed by atoms with Gasteiger partial charge in [-0.25, -0.2) is 0 Å². The Bertz CT molecular complexity index is 363. The van der Waals surface area contributed by atoms with Crippen LogP contribution >= 0.6 is 0 Å². The molecule has 1 aromatic carbocycles. The summed E-state index contributed by atoms with van der Waals surface area (Å²) in [7, 11) is 0. The van der Waals surface area contributed by atoms with Crippen molar-refractivity contribution in [2.75, 3.05) is 46.1 Å². The van der Waals surface area contributed by atoms with E-state index in [0.717, 1.165) is 44.2 Å². The van der Waals surface area contributed by atoms with Gasteiger partial charge in [0, 0.05) is 19.6 Å². The van der Waals surface area contributed by atoms with Gasteiger partial charge in [0.25, 0.3) is 0 Å². The Morgan fingerprint density at radius 2 is 1.95 bits per heavy atom. The molecule has 5 heteroatoms. The Morgan fingerprint density at radius 3 is 2.58 bits per heavy atom. The summed E-state index contributed by atoms with van der Waals surface area (Å²) in [6.07, 6.45) is 0. The first-order valence-corrected chi connectivity index (χ1v) is 6.69. The van der Waals surface area contributed by atoms with Crippen LogP contribution in [0.4, 0.5) is 0 Å². The number of hydrogen-bond donors (Lipinski definition) is 2. The van der Waals surface area contributed by atoms with Crippen molar-refractivity contribution in [3.05, 3.63) is 29.8 Å². The number of nitrogens with two attached hydrogens (primary N) is 1. The molecule has 0 spiro atoms. The molecular weight excluding hydrogens is 244 g/mol. The molecule has 1 aliphatic rings. The molecule has 0 saturated carbocycles. The van der Waals surface area contributed by atoms with E-state index in [-0.39, 0.29) is 12.6 Å². The van der Waals surface area contributed by atoms with Gasteiger partial charge in [-0.1, -0.05) is 12.1 Å². The van der Waals surface area contributed by atoms with Crippen molar-refractivity contribution in [2.24, 2.45) is 5.73 Å². The molecule has 0 amide bonds. The lowest BCUT2D eigenvalue weighted by Gasteiger charge is -2.26. The van der Waals surface area contributed by atoms with E-state index in [1.54, 1.807) is 0 Å². The first-order valence-electron chi connectivity index (χ1n) is 6.69. The molecule has 5 nitrogen and oxygen atoms in total. The zero-order valence-corrected chi connectivity index (χ0v) is 11.1. The molecule has 1 aliphatic heterocycles. The van der Waals surface area contributed by atoms with E-state index in [2.05, 4.69) is 4.90 Å². The summed E-state index contributed by atoms with van der Waals surface area (Å²) in [5.41, 5.74) is 6.65. The zero-order valence-electron chi connectivity index (χ0n) is 11.1. The Hall–Kier alpha value is -1.14. The molecule has 19 heavy (non-hydrogen) atoms. The quantitative estimate of drug-likeness (QED) is 0.779. The highest BCUT2D eigenvalue weighted by Crippen LogP contribution is 2.16. The van der Waals surface area contributed by atoms with E-state index in [1.165, 1.54) is 0 Å². The van der Waals surface area contributed by atoms with Gasteiger partial charge in [-0.15, -0.1) is 0 Å². The maximum absolute atomic E-state index is 8.97. The van der Waals surface area contributed by atoms with Crippen molar-refractivity contribution in [1.29, 1.82) is 0 Å². The molecular formula is C14H22N2O3. The van der Waals surface area contributed by atoms with Crippen molar-refractivity contribution in [3.63, 3.8) is 0 Å². The molecule has 1 aromatic rings. The SMILES string of the molecule is N[C@H](CO)c1ccc(OCCN2CCOCC2)cc1. The van der Waals surface area contributed by atoms with Crippen LogP contribution in [-0.2, 0) is 4.74 Å². The second-order valence-electron chi connectivity index (χ2n) is 4.66. The molecule has 0 aromatic heterocycles. The summed E-state index contributed by atoms with van der Waals surface area (Å²) in [6.45, 7) is 5.13. The molecule has 3 N–H and O–H groups in total. The standard InChI is InChI=1S/C14H22N2O3/c15-14(11-17)12-1-3-13(4-2-12)19-10-7-16-5-8-18-9-6-16/h1-4,14,17H,5-11,15H2/t14-/m1/s1. The summed E-state index contributed by atoms with van der Waals surface area (Å²) in [5.74, 6) is 0.835. The number of hydrogen-bond acceptors (Lipinski definition) is 5. The second kappa shape index (κ2) is 7.45. The Balaban J connectivity index is 1.73. The van der Waals surface area contributed by atoms with E-state index in [9.17, 15) is 0 Å². The Morgan fingerprint density at radius 1 is 1.26 bits per heavy atom. The van der Waals surface area contributed by atoms with E-state index in [1.807, 2.05) is 24.3 Å². The van der Waals surface area contributed by atoms with Crippen LogP contribution < -0.4 is 10.5 Å². The van der Waals surface area contributed by atoms with E-state index in [0.29, 0.717) is 6.61 Å². The number of nitrogens with zero attached hydrogens (tertiary/aromatic N) is 1. The predicted molar refractivity (Wildman–Crippen MR) is 73.2 cm³/mol. The van der Waals surface area contributed by atoms with Crippen LogP contribution in [0.3, 0.4) is 0 Å². The number of ether oxygens (including phenoxy) is 2. The van der Waals surface area contributed by atoms with Gasteiger partial charge in [0.05, 0.1) is 25.9 Å². The number of aliphatic hydroxyl groups is 1. The minimum atomic E-state index is -0.317. The topological polar surface area (TPSA) is 68.0 Å². The molecule has 0 unspecified atom stereocenters. The van der Waals surface area contributed by atoms with Crippen LogP contribution in [-0.4, -0.2) is 56.1 Å². The fraction of sp³-hybridized carbons (Fsp3) is 0.571. The summed E-state index contributed by atoms with van der Waals surface area (Å²) in [6, 6.07) is 7.26. The minimum Gasteiger partial charge on any atom is -0.492 e. The third-order valence-corrected chi connectivity index (χ3v) is 3.28. The highest BCUT2D eigenvalue weighted by Gasteiger charge is 2.09. The maximum atomic E-state index is 8.97. The third-order valence-electron chi connectivity index (χ3n) is 3.28. The van der Waals surface area contributed by atoms with Crippen molar-refractivity contribution in [2.45, 2.75) is 6.04 Å². The van der Waals surface area contributed by atoms with Gasteiger partial charge in [-0.3, -0.25) is 4.90 Å². The smallest absolute Gasteiger partial charge is 0.119 e. The Kier molecular flexibility index (Phi) is 5.60. The molecule has 106 valence electrons. The van der Waals surface area contributed by atoms with E-state index in [4.69, 9.17) is 20.3 Å². The van der Waals surface area contributed by atoms with Crippen molar-refractivity contribution >= 4 is 0 Å². The fourth-order valence-electron chi connectivity index (χ4n) is 2.03. The van der Waals surface area contributed by atoms with Crippen LogP contribution in [0.25, 0.3) is 0 Å². The van der Waals surface area contributed by atoms with Crippen LogP contribution in [0.5, 0.6) is 5.75 Å². The molecule has 1 heterocycles. The van der Waals surface area contributed by atoms with Gasteiger partial charge in [-0.05, 0) is 17.7 Å². The number of aliphatic hydroxyl groups excluding tert-OH is 1. The summed E-state index contributed by atoms with van der Waals surface area (Å²) in [4.78, 5) is 2.33. The molecule has 1 fully saturated rings. The lowest BCUT2D eigenvalue weighted by molar-refractivity contribution is 0.0322. The van der Waals surface area contributed by atoms with Crippen molar-refractivity contribution in [3.8, 4) is 5.75 Å². The largest absolute Gasteiger partial charge is 0.492 e. The highest BCUT2D eigenvalue weighted by molar-refractivity contribution is 5.29. The van der Waals surface area contributed by atoms with Gasteiger partial charge < -0.3 is 20.3 Å². The highest BCUT2D eigenvalue weighted by atomic mass is 16.5. The van der Waals surface area contributed by atoms with Gasteiger partial charge >= 0.3 is 0 Å². The maximum Gasteiger partial charge on any atom is 0.119 e. The Labute approximate surface area is 113 Å². The number of morpholine rings is 1. The molecule has 1 atom stereocenters. The molecule has 0 radical (unpaired) electrons. The minimum absolute atomic E-state index is 0.0444. The lowest BCUT2D eigenvalue weighted by Crippen LogP contribution is -2.38. The first kappa shape index (κ1) is 14.3. The average molecular weight is 266 g/mol. The fourth-order valence-corrected chi connectivity index (χ4v) is 2.03. The van der Waals surface area contributed by atoms with Gasteiger partial charge in [0.1, 0.15) is 12.4 Å². The molecule has 2 rings (SSSR count). The summed E-state index contributed by atoms with van der Waals surface area (Å²) < 4.78 is 11.0. The second-order valence-corrected chi connectivity index (χ2v) is 4.66. The molecule has 0 bridgehead atoms. The van der Waals surface area contributed by atoms with Crippen molar-refractivity contribution < 1.29 is 14.6 Å². The van der Waals surface area contributed by atoms with Gasteiger partial charge in [-0.2, -0.15) is 0 Å². The summed E-state index contributed by atoms with van der Waals surface area (Å²) in [5, 5.41) is 8.97. The van der Waals surface area contributed by atoms with Gasteiger partial charge in [0.15, 0.2) is 0 Å². The number of rotatable bonds is 6. The summed E-state index contributed by atoms with van der Waals surface area (Å²) >= 11 is 0. The lowest BCUT2D eigenvalue weighted by atomic mass is 10.1. The van der Waals surface area contributed by atoms with E-state index < -0.39 is 0 Å². The van der Waals surface area contributed by atoms with Crippen LogP contribution in [0, 0.1) is 0 Å². The van der Waals surface area contributed by atoms with E-state index >= 15 is 0 Å². The zero-order chi connectivity index (χ0) is 13.5. The molecule has 0 aliphatic carbocycles. The average Bonchev–Trinajstić information content (AvgIpc) is 2.48. The third kappa shape index (κ3) is 4.47. The first-order chi connectivity index (χ1) is 9.29. The van der Waals surface area contributed by atoms with Crippen LogP contribution in [0.2, 0.25) is 0 Å². The molecule has 1 saturated heterocycles. The normalized spacial score (nSPS) is 18.2.